The molecule has 1 aromatic heterocycles. The van der Waals surface area contributed by atoms with E-state index >= 15 is 0 Å². The fraction of sp³-hybridized carbons (Fsp3) is 0.333. The van der Waals surface area contributed by atoms with Crippen LogP contribution in [0.3, 0.4) is 0 Å². The lowest BCUT2D eigenvalue weighted by atomic mass is 10.1. The Kier molecular flexibility index (Phi) is 5.17. The zero-order valence-electron chi connectivity index (χ0n) is 15.6. The maximum Gasteiger partial charge on any atom is 0.269 e. The first-order valence-corrected chi connectivity index (χ1v) is 10.3. The SMILES string of the molecule is C[C@H](Sc1nc2ccccc2c(=O)n1C1CCCC1)c1cccc([N+](=O)[O-])c1. The second kappa shape index (κ2) is 7.75. The van der Waals surface area contributed by atoms with Gasteiger partial charge in [-0.15, -0.1) is 0 Å². The number of benzene rings is 2. The van der Waals surface area contributed by atoms with E-state index < -0.39 is 0 Å². The van der Waals surface area contributed by atoms with Crippen molar-refractivity contribution in [2.24, 2.45) is 0 Å². The number of thioether (sulfide) groups is 1. The minimum Gasteiger partial charge on any atom is -0.284 e. The summed E-state index contributed by atoms with van der Waals surface area (Å²) in [6, 6.07) is 14.3. The number of hydrogen-bond donors (Lipinski definition) is 0. The van der Waals surface area contributed by atoms with Crippen LogP contribution in [0.4, 0.5) is 5.69 Å². The molecule has 4 rings (SSSR count). The highest BCUT2D eigenvalue weighted by molar-refractivity contribution is 7.99. The predicted molar refractivity (Wildman–Crippen MR) is 111 cm³/mol. The van der Waals surface area contributed by atoms with Crippen molar-refractivity contribution in [2.75, 3.05) is 0 Å². The van der Waals surface area contributed by atoms with Crippen LogP contribution in [0.25, 0.3) is 10.9 Å². The van der Waals surface area contributed by atoms with Gasteiger partial charge in [0.1, 0.15) is 0 Å². The number of nitrogens with zero attached hydrogens (tertiary/aromatic N) is 3. The van der Waals surface area contributed by atoms with E-state index in [0.717, 1.165) is 31.2 Å². The summed E-state index contributed by atoms with van der Waals surface area (Å²) in [5.41, 5.74) is 1.62. The summed E-state index contributed by atoms with van der Waals surface area (Å²) in [6.07, 6.45) is 4.21. The van der Waals surface area contributed by atoms with Crippen LogP contribution in [0.1, 0.15) is 49.5 Å². The maximum atomic E-state index is 13.2. The zero-order chi connectivity index (χ0) is 19.7. The monoisotopic (exact) mass is 395 g/mol. The Morgan fingerprint density at radius 1 is 1.18 bits per heavy atom. The first-order chi connectivity index (χ1) is 13.5. The van der Waals surface area contributed by atoms with Crippen molar-refractivity contribution in [1.29, 1.82) is 0 Å². The van der Waals surface area contributed by atoms with E-state index in [2.05, 4.69) is 0 Å². The van der Waals surface area contributed by atoms with E-state index in [1.807, 2.05) is 41.8 Å². The minimum absolute atomic E-state index is 0.00578. The lowest BCUT2D eigenvalue weighted by Crippen LogP contribution is -2.26. The summed E-state index contributed by atoms with van der Waals surface area (Å²) >= 11 is 1.49. The molecule has 0 bridgehead atoms. The number of nitro groups is 1. The van der Waals surface area contributed by atoms with Gasteiger partial charge in [0.2, 0.25) is 0 Å². The molecule has 0 unspecified atom stereocenters. The number of hydrogen-bond acceptors (Lipinski definition) is 5. The van der Waals surface area contributed by atoms with Gasteiger partial charge in [0, 0.05) is 23.4 Å². The Hall–Kier alpha value is -2.67. The highest BCUT2D eigenvalue weighted by atomic mass is 32.2. The van der Waals surface area contributed by atoms with Crippen LogP contribution in [0, 0.1) is 10.1 Å². The molecule has 0 radical (unpaired) electrons. The predicted octanol–water partition coefficient (Wildman–Crippen LogP) is 5.27. The van der Waals surface area contributed by atoms with Crippen LogP contribution in [0.5, 0.6) is 0 Å². The molecule has 0 saturated heterocycles. The fourth-order valence-electron chi connectivity index (χ4n) is 3.81. The summed E-state index contributed by atoms with van der Waals surface area (Å²) in [4.78, 5) is 28.7. The van der Waals surface area contributed by atoms with Crippen molar-refractivity contribution in [3.8, 4) is 0 Å². The van der Waals surface area contributed by atoms with E-state index in [9.17, 15) is 14.9 Å². The summed E-state index contributed by atoms with van der Waals surface area (Å²) in [6.45, 7) is 1.99. The van der Waals surface area contributed by atoms with Crippen molar-refractivity contribution >= 4 is 28.4 Å². The minimum atomic E-state index is -0.385. The molecule has 1 fully saturated rings. The molecule has 0 N–H and O–H groups in total. The number of para-hydroxylation sites is 1. The average Bonchev–Trinajstić information content (AvgIpc) is 3.22. The van der Waals surface area contributed by atoms with Crippen molar-refractivity contribution in [2.45, 2.75) is 49.1 Å². The van der Waals surface area contributed by atoms with Crippen LogP contribution < -0.4 is 5.56 Å². The van der Waals surface area contributed by atoms with Crippen LogP contribution in [-0.4, -0.2) is 14.5 Å². The van der Waals surface area contributed by atoms with Crippen molar-refractivity contribution in [1.82, 2.24) is 9.55 Å². The molecular weight excluding hydrogens is 374 g/mol. The number of non-ortho nitro benzene ring substituents is 1. The summed E-state index contributed by atoms with van der Waals surface area (Å²) in [5.74, 6) is 0. The Labute approximate surface area is 166 Å². The number of aromatic nitrogens is 2. The Morgan fingerprint density at radius 3 is 2.68 bits per heavy atom. The van der Waals surface area contributed by atoms with E-state index in [0.29, 0.717) is 16.1 Å². The molecule has 0 amide bonds. The highest BCUT2D eigenvalue weighted by Gasteiger charge is 2.24. The van der Waals surface area contributed by atoms with E-state index in [1.165, 1.54) is 17.8 Å². The molecule has 0 aliphatic heterocycles. The lowest BCUT2D eigenvalue weighted by Gasteiger charge is -2.20. The fourth-order valence-corrected chi connectivity index (χ4v) is 4.91. The van der Waals surface area contributed by atoms with Crippen LogP contribution in [0.2, 0.25) is 0 Å². The lowest BCUT2D eigenvalue weighted by molar-refractivity contribution is -0.384. The number of rotatable bonds is 5. The van der Waals surface area contributed by atoms with Gasteiger partial charge in [0.05, 0.1) is 15.8 Å². The molecule has 1 saturated carbocycles. The van der Waals surface area contributed by atoms with Crippen molar-refractivity contribution in [3.05, 3.63) is 74.6 Å². The molecule has 1 aliphatic carbocycles. The third-order valence-corrected chi connectivity index (χ3v) is 6.42. The summed E-state index contributed by atoms with van der Waals surface area (Å²) in [7, 11) is 0. The first kappa shape index (κ1) is 18.7. The molecule has 7 heteroatoms. The first-order valence-electron chi connectivity index (χ1n) is 9.47. The highest BCUT2D eigenvalue weighted by Crippen LogP contribution is 2.38. The molecule has 6 nitrogen and oxygen atoms in total. The molecule has 0 spiro atoms. The summed E-state index contributed by atoms with van der Waals surface area (Å²) in [5, 5.41) is 12.4. The zero-order valence-corrected chi connectivity index (χ0v) is 16.4. The summed E-state index contributed by atoms with van der Waals surface area (Å²) < 4.78 is 1.86. The molecular formula is C21H21N3O3S. The van der Waals surface area contributed by atoms with E-state index in [-0.39, 0.29) is 27.5 Å². The van der Waals surface area contributed by atoms with Crippen molar-refractivity contribution < 1.29 is 4.92 Å². The van der Waals surface area contributed by atoms with Gasteiger partial charge in [-0.05, 0) is 37.5 Å². The van der Waals surface area contributed by atoms with E-state index in [1.54, 1.807) is 12.1 Å². The van der Waals surface area contributed by atoms with Crippen LogP contribution >= 0.6 is 11.8 Å². The Balaban J connectivity index is 1.77. The average molecular weight is 395 g/mol. The molecule has 144 valence electrons. The number of fused-ring (bicyclic) bond motifs is 1. The number of nitro benzene ring substituents is 1. The molecule has 3 aromatic rings. The second-order valence-corrected chi connectivity index (χ2v) is 8.45. The van der Waals surface area contributed by atoms with Gasteiger partial charge in [-0.1, -0.05) is 48.9 Å². The molecule has 28 heavy (non-hydrogen) atoms. The van der Waals surface area contributed by atoms with Gasteiger partial charge >= 0.3 is 0 Å². The van der Waals surface area contributed by atoms with Crippen molar-refractivity contribution in [3.63, 3.8) is 0 Å². The normalized spacial score (nSPS) is 15.8. The van der Waals surface area contributed by atoms with Crippen LogP contribution in [0.15, 0.2) is 58.5 Å². The molecule has 1 heterocycles. The van der Waals surface area contributed by atoms with Gasteiger partial charge in [-0.2, -0.15) is 0 Å². The molecule has 1 atom stereocenters. The largest absolute Gasteiger partial charge is 0.284 e. The van der Waals surface area contributed by atoms with Gasteiger partial charge in [0.15, 0.2) is 5.16 Å². The molecule has 2 aromatic carbocycles. The topological polar surface area (TPSA) is 78.0 Å². The van der Waals surface area contributed by atoms with Gasteiger partial charge < -0.3 is 0 Å². The quantitative estimate of drug-likeness (QED) is 0.254. The van der Waals surface area contributed by atoms with Gasteiger partial charge in [0.25, 0.3) is 11.2 Å². The Bertz CT molecular complexity index is 1090. The maximum absolute atomic E-state index is 13.2. The smallest absolute Gasteiger partial charge is 0.269 e. The van der Waals surface area contributed by atoms with Gasteiger partial charge in [-0.25, -0.2) is 4.98 Å². The standard InChI is InChI=1S/C21H21N3O3S/c1-14(15-7-6-10-17(13-15)24(26)27)28-21-22-19-12-5-4-11-18(19)20(25)23(21)16-8-2-3-9-16/h4-7,10-14,16H,2-3,8-9H2,1H3/t14-/m0/s1. The second-order valence-electron chi connectivity index (χ2n) is 7.14. The molecule has 1 aliphatic rings. The van der Waals surface area contributed by atoms with Gasteiger partial charge in [-0.3, -0.25) is 19.5 Å². The Morgan fingerprint density at radius 2 is 1.93 bits per heavy atom. The van der Waals surface area contributed by atoms with E-state index in [4.69, 9.17) is 4.98 Å². The van der Waals surface area contributed by atoms with Crippen LogP contribution in [-0.2, 0) is 0 Å². The third-order valence-electron chi connectivity index (χ3n) is 5.30. The third kappa shape index (κ3) is 3.54.